The quantitative estimate of drug-likeness (QED) is 0.398. The van der Waals surface area contributed by atoms with Crippen LogP contribution in [0.4, 0.5) is 0 Å². The first-order valence-electron chi connectivity index (χ1n) is 5.03. The highest BCUT2D eigenvalue weighted by molar-refractivity contribution is 6.01. The summed E-state index contributed by atoms with van der Waals surface area (Å²) in [6, 6.07) is 0. The molecule has 0 amide bonds. The van der Waals surface area contributed by atoms with Crippen LogP contribution in [-0.2, 0) is 14.3 Å². The zero-order valence-corrected chi connectivity index (χ0v) is 9.63. The van der Waals surface area contributed by atoms with Crippen molar-refractivity contribution in [3.63, 3.8) is 0 Å². The molecule has 3 heteroatoms. The molecule has 0 aliphatic rings. The number of hydrogen-bond acceptors (Lipinski definition) is 3. The van der Waals surface area contributed by atoms with E-state index in [1.54, 1.807) is 0 Å². The molecule has 0 saturated heterocycles. The molecule has 0 unspecified atom stereocenters. The minimum atomic E-state index is -0.660. The molecule has 3 nitrogen and oxygen atoms in total. The van der Waals surface area contributed by atoms with Crippen LogP contribution in [0.25, 0.3) is 0 Å². The first-order valence-corrected chi connectivity index (χ1v) is 5.03. The maximum atomic E-state index is 11.3. The van der Waals surface area contributed by atoms with E-state index in [4.69, 9.17) is 0 Å². The van der Waals surface area contributed by atoms with Crippen molar-refractivity contribution in [1.82, 2.24) is 0 Å². The van der Waals surface area contributed by atoms with Gasteiger partial charge in [-0.3, -0.25) is 0 Å². The van der Waals surface area contributed by atoms with E-state index in [1.807, 2.05) is 20.8 Å². The second-order valence-corrected chi connectivity index (χ2v) is 3.71. The second-order valence-electron chi connectivity index (χ2n) is 3.71. The van der Waals surface area contributed by atoms with Crippen molar-refractivity contribution in [3.05, 3.63) is 24.3 Å². The maximum absolute atomic E-state index is 11.3. The van der Waals surface area contributed by atoms with Crippen molar-refractivity contribution in [2.75, 3.05) is 0 Å². The smallest absolute Gasteiger partial charge is 0.341 e. The minimum absolute atomic E-state index is 0.0234. The summed E-state index contributed by atoms with van der Waals surface area (Å²) in [6.45, 7) is 12.7. The number of hydrogen-bond donors (Lipinski definition) is 0. The molecule has 84 valence electrons. The van der Waals surface area contributed by atoms with Crippen LogP contribution in [0.3, 0.4) is 0 Å². The Hall–Kier alpha value is -1.38. The van der Waals surface area contributed by atoms with Crippen LogP contribution in [0.5, 0.6) is 0 Å². The van der Waals surface area contributed by atoms with Gasteiger partial charge in [-0.15, -0.1) is 0 Å². The average molecular weight is 210 g/mol. The molecule has 0 aliphatic carbocycles. The Labute approximate surface area is 90.8 Å². The van der Waals surface area contributed by atoms with Gasteiger partial charge in [-0.2, -0.15) is 0 Å². The third-order valence-electron chi connectivity index (χ3n) is 1.98. The fraction of sp³-hybridized carbons (Fsp3) is 0.500. The molecule has 0 spiro atoms. The Balaban J connectivity index is 4.25. The molecule has 0 radical (unpaired) electrons. The van der Waals surface area contributed by atoms with Gasteiger partial charge in [-0.05, 0) is 12.3 Å². The largest absolute Gasteiger partial charge is 0.386 e. The van der Waals surface area contributed by atoms with Crippen LogP contribution >= 0.6 is 0 Å². The molecule has 0 aliphatic heterocycles. The molecule has 0 N–H and O–H groups in total. The number of esters is 2. The highest BCUT2D eigenvalue weighted by atomic mass is 16.6. The molecule has 0 aromatic heterocycles. The van der Waals surface area contributed by atoms with Gasteiger partial charge in [0.2, 0.25) is 0 Å². The van der Waals surface area contributed by atoms with Gasteiger partial charge < -0.3 is 4.74 Å². The third-order valence-corrected chi connectivity index (χ3v) is 1.98. The summed E-state index contributed by atoms with van der Waals surface area (Å²) in [5.74, 6) is -1.33. The summed E-state index contributed by atoms with van der Waals surface area (Å²) < 4.78 is 4.61. The summed E-state index contributed by atoms with van der Waals surface area (Å²) in [7, 11) is 0. The number of rotatable bonds is 5. The zero-order chi connectivity index (χ0) is 12.0. The lowest BCUT2D eigenvalue weighted by Crippen LogP contribution is -2.17. The first kappa shape index (κ1) is 13.6. The van der Waals surface area contributed by atoms with E-state index in [-0.39, 0.29) is 5.92 Å². The Morgan fingerprint density at radius 1 is 1.20 bits per heavy atom. The van der Waals surface area contributed by atoms with E-state index in [0.717, 1.165) is 6.42 Å². The van der Waals surface area contributed by atoms with Crippen LogP contribution in [0.2, 0.25) is 0 Å². The van der Waals surface area contributed by atoms with Crippen LogP contribution in [0.15, 0.2) is 24.3 Å². The fourth-order valence-electron chi connectivity index (χ4n) is 0.861. The van der Waals surface area contributed by atoms with Crippen LogP contribution in [-0.4, -0.2) is 11.9 Å². The van der Waals surface area contributed by atoms with E-state index in [2.05, 4.69) is 17.9 Å². The Bertz CT molecular complexity index is 287. The second kappa shape index (κ2) is 6.17. The summed E-state index contributed by atoms with van der Waals surface area (Å²) >= 11 is 0. The normalized spacial score (nSPS) is 9.87. The van der Waals surface area contributed by atoms with Crippen molar-refractivity contribution in [3.8, 4) is 0 Å². The monoisotopic (exact) mass is 210 g/mol. The molecule has 15 heavy (non-hydrogen) atoms. The lowest BCUT2D eigenvalue weighted by atomic mass is 10.1. The average Bonchev–Trinajstić information content (AvgIpc) is 2.16. The van der Waals surface area contributed by atoms with Gasteiger partial charge in [-0.25, -0.2) is 9.59 Å². The number of ether oxygens (including phenoxy) is 1. The molecule has 0 bridgehead atoms. The predicted molar refractivity (Wildman–Crippen MR) is 59.1 cm³/mol. The molecule has 0 aromatic rings. The summed E-state index contributed by atoms with van der Waals surface area (Å²) in [5.41, 5.74) is 0.620. The van der Waals surface area contributed by atoms with Crippen LogP contribution in [0.1, 0.15) is 33.6 Å². The van der Waals surface area contributed by atoms with E-state index in [1.165, 1.54) is 0 Å². The lowest BCUT2D eigenvalue weighted by Gasteiger charge is -2.08. The van der Waals surface area contributed by atoms with Gasteiger partial charge in [0, 0.05) is 11.1 Å². The summed E-state index contributed by atoms with van der Waals surface area (Å²) in [4.78, 5) is 22.6. The number of carbonyl (C=O) groups excluding carboxylic acids is 2. The standard InChI is InChI=1S/C12H18O3/c1-6-7-9(4)11(13)15-12(14)10(5)8(2)3/h8H,4-7H2,1-3H3. The number of carbonyl (C=O) groups is 2. The molecule has 0 saturated carbocycles. The van der Waals surface area contributed by atoms with Gasteiger partial charge >= 0.3 is 11.9 Å². The molecular formula is C12H18O3. The SMILES string of the molecule is C=C(CCC)C(=O)OC(=O)C(=C)C(C)C. The highest BCUT2D eigenvalue weighted by Crippen LogP contribution is 2.11. The van der Waals surface area contributed by atoms with Crippen LogP contribution in [0, 0.1) is 5.92 Å². The molecule has 0 heterocycles. The van der Waals surface area contributed by atoms with Crippen molar-refractivity contribution >= 4 is 11.9 Å². The highest BCUT2D eigenvalue weighted by Gasteiger charge is 2.17. The van der Waals surface area contributed by atoms with Gasteiger partial charge in [0.15, 0.2) is 0 Å². The third kappa shape index (κ3) is 4.58. The van der Waals surface area contributed by atoms with Crippen LogP contribution < -0.4 is 0 Å². The van der Waals surface area contributed by atoms with Gasteiger partial charge in [-0.1, -0.05) is 40.3 Å². The van der Waals surface area contributed by atoms with Crippen molar-refractivity contribution in [1.29, 1.82) is 0 Å². The summed E-state index contributed by atoms with van der Waals surface area (Å²) in [6.07, 6.45) is 1.34. The van der Waals surface area contributed by atoms with Gasteiger partial charge in [0.05, 0.1) is 0 Å². The molecule has 0 fully saturated rings. The van der Waals surface area contributed by atoms with Crippen molar-refractivity contribution in [2.24, 2.45) is 5.92 Å². The fourth-order valence-corrected chi connectivity index (χ4v) is 0.861. The van der Waals surface area contributed by atoms with E-state index in [9.17, 15) is 9.59 Å². The Morgan fingerprint density at radius 2 is 1.73 bits per heavy atom. The predicted octanol–water partition coefficient (Wildman–Crippen LogP) is 2.62. The molecule has 0 aromatic carbocycles. The molecule has 0 rings (SSSR count). The zero-order valence-electron chi connectivity index (χ0n) is 9.63. The van der Waals surface area contributed by atoms with Crippen molar-refractivity contribution in [2.45, 2.75) is 33.6 Å². The van der Waals surface area contributed by atoms with Crippen molar-refractivity contribution < 1.29 is 14.3 Å². The van der Waals surface area contributed by atoms with Gasteiger partial charge in [0.25, 0.3) is 0 Å². The lowest BCUT2D eigenvalue weighted by molar-refractivity contribution is -0.154. The first-order chi connectivity index (χ1) is 6.90. The Kier molecular flexibility index (Phi) is 5.60. The topological polar surface area (TPSA) is 43.4 Å². The van der Waals surface area contributed by atoms with E-state index in [0.29, 0.717) is 17.6 Å². The minimum Gasteiger partial charge on any atom is -0.386 e. The van der Waals surface area contributed by atoms with E-state index < -0.39 is 11.9 Å². The van der Waals surface area contributed by atoms with Gasteiger partial charge in [0.1, 0.15) is 0 Å². The maximum Gasteiger partial charge on any atom is 0.341 e. The Morgan fingerprint density at radius 3 is 2.13 bits per heavy atom. The summed E-state index contributed by atoms with van der Waals surface area (Å²) in [5, 5.41) is 0. The molecule has 0 atom stereocenters. The molecular weight excluding hydrogens is 192 g/mol. The van der Waals surface area contributed by atoms with E-state index >= 15 is 0 Å².